The number of Topliss-reactive ketones (excluding diaryl/α,β-unsaturated/α-hetero) is 1. The number of hydrogen-bond donors (Lipinski definition) is 1. The van der Waals surface area contributed by atoms with Crippen LogP contribution in [0.2, 0.25) is 0 Å². The van der Waals surface area contributed by atoms with Gasteiger partial charge in [-0.15, -0.1) is 0 Å². The molecular weight excluding hydrogens is 390 g/mol. The Morgan fingerprint density at radius 3 is 2.45 bits per heavy atom. The van der Waals surface area contributed by atoms with Crippen LogP contribution in [-0.2, 0) is 4.79 Å². The van der Waals surface area contributed by atoms with Crippen molar-refractivity contribution in [1.29, 1.82) is 5.26 Å². The number of fused-ring (bicyclic) bond motifs is 3. The molecule has 0 radical (unpaired) electrons. The van der Waals surface area contributed by atoms with Crippen molar-refractivity contribution in [2.24, 2.45) is 11.1 Å². The van der Waals surface area contributed by atoms with Crippen molar-refractivity contribution in [2.75, 3.05) is 4.90 Å². The molecule has 1 aromatic heterocycles. The Kier molecular flexibility index (Phi) is 4.26. The van der Waals surface area contributed by atoms with Crippen molar-refractivity contribution in [1.82, 2.24) is 0 Å². The lowest BCUT2D eigenvalue weighted by Gasteiger charge is -2.36. The zero-order chi connectivity index (χ0) is 21.6. The second kappa shape index (κ2) is 6.99. The summed E-state index contributed by atoms with van der Waals surface area (Å²) in [5.74, 6) is -1.47. The standard InChI is InChI=1S/C25H19N3O3/c26-15-25(24(27)30)20-13-12-16-7-4-5-10-18(16)28(20)22(21(25)19-11-6-14-31-19)23(29)17-8-2-1-3-9-17/h1-14,20-22H,(H2,27,30)/t20-,21+,22-,25+/m1/s1. The zero-order valence-electron chi connectivity index (χ0n) is 16.5. The molecule has 0 bridgehead atoms. The van der Waals surface area contributed by atoms with Gasteiger partial charge in [0.2, 0.25) is 5.91 Å². The molecule has 5 rings (SSSR count). The molecule has 3 aromatic rings. The van der Waals surface area contributed by atoms with Gasteiger partial charge in [0.1, 0.15) is 11.8 Å². The van der Waals surface area contributed by atoms with Gasteiger partial charge in [0.15, 0.2) is 11.2 Å². The van der Waals surface area contributed by atoms with Crippen molar-refractivity contribution >= 4 is 23.5 Å². The first kappa shape index (κ1) is 18.9. The molecule has 152 valence electrons. The molecule has 1 amide bonds. The van der Waals surface area contributed by atoms with Gasteiger partial charge in [-0.25, -0.2) is 0 Å². The van der Waals surface area contributed by atoms with Crippen molar-refractivity contribution < 1.29 is 14.0 Å². The Labute approximate surface area is 179 Å². The van der Waals surface area contributed by atoms with Gasteiger partial charge in [0.25, 0.3) is 0 Å². The van der Waals surface area contributed by atoms with Gasteiger partial charge in [-0.1, -0.05) is 60.7 Å². The average Bonchev–Trinajstić information content (AvgIpc) is 3.43. The van der Waals surface area contributed by atoms with Crippen LogP contribution in [0.15, 0.2) is 83.5 Å². The Hall–Kier alpha value is -4.11. The number of rotatable bonds is 4. The van der Waals surface area contributed by atoms with Crippen LogP contribution in [0.1, 0.15) is 27.6 Å². The van der Waals surface area contributed by atoms with Gasteiger partial charge < -0.3 is 15.1 Å². The van der Waals surface area contributed by atoms with E-state index in [0.29, 0.717) is 11.3 Å². The predicted molar refractivity (Wildman–Crippen MR) is 115 cm³/mol. The van der Waals surface area contributed by atoms with Crippen LogP contribution in [-0.4, -0.2) is 23.8 Å². The Morgan fingerprint density at radius 2 is 1.77 bits per heavy atom. The summed E-state index contributed by atoms with van der Waals surface area (Å²) >= 11 is 0. The summed E-state index contributed by atoms with van der Waals surface area (Å²) in [7, 11) is 0. The summed E-state index contributed by atoms with van der Waals surface area (Å²) < 4.78 is 5.67. The van der Waals surface area contributed by atoms with Crippen molar-refractivity contribution in [2.45, 2.75) is 18.0 Å². The van der Waals surface area contributed by atoms with Crippen LogP contribution < -0.4 is 10.6 Å². The minimum Gasteiger partial charge on any atom is -0.469 e. The van der Waals surface area contributed by atoms with Crippen molar-refractivity contribution in [3.63, 3.8) is 0 Å². The number of furan rings is 1. The lowest BCUT2D eigenvalue weighted by molar-refractivity contribution is -0.125. The highest BCUT2D eigenvalue weighted by Crippen LogP contribution is 2.55. The van der Waals surface area contributed by atoms with E-state index < -0.39 is 29.3 Å². The molecular formula is C25H19N3O3. The SMILES string of the molecule is N#C[C@@]1(C(N)=O)[C@@H](c2ccco2)[C@H](C(=O)c2ccccc2)N2c3ccccc3C=C[C@@H]21. The quantitative estimate of drug-likeness (QED) is 0.665. The molecule has 2 aromatic carbocycles. The van der Waals surface area contributed by atoms with E-state index in [-0.39, 0.29) is 5.78 Å². The van der Waals surface area contributed by atoms with Crippen LogP contribution in [0.25, 0.3) is 6.08 Å². The van der Waals surface area contributed by atoms with Gasteiger partial charge in [-0.05, 0) is 23.8 Å². The molecule has 1 saturated heterocycles. The maximum atomic E-state index is 13.9. The predicted octanol–water partition coefficient (Wildman–Crippen LogP) is 3.53. The molecule has 2 N–H and O–H groups in total. The average molecular weight is 409 g/mol. The molecule has 0 unspecified atom stereocenters. The van der Waals surface area contributed by atoms with E-state index in [1.165, 1.54) is 6.26 Å². The second-order valence-corrected chi connectivity index (χ2v) is 7.78. The lowest BCUT2D eigenvalue weighted by Crippen LogP contribution is -2.48. The molecule has 0 aliphatic carbocycles. The van der Waals surface area contributed by atoms with Gasteiger partial charge >= 0.3 is 0 Å². The fourth-order valence-electron chi connectivity index (χ4n) is 4.98. The second-order valence-electron chi connectivity index (χ2n) is 7.78. The van der Waals surface area contributed by atoms with Gasteiger partial charge in [-0.3, -0.25) is 9.59 Å². The molecule has 2 aliphatic rings. The number of para-hydroxylation sites is 1. The Morgan fingerprint density at radius 1 is 1.03 bits per heavy atom. The molecule has 31 heavy (non-hydrogen) atoms. The number of carbonyl (C=O) groups excluding carboxylic acids is 2. The van der Waals surface area contributed by atoms with E-state index in [2.05, 4.69) is 6.07 Å². The largest absolute Gasteiger partial charge is 0.469 e. The van der Waals surface area contributed by atoms with Crippen LogP contribution >= 0.6 is 0 Å². The van der Waals surface area contributed by atoms with Gasteiger partial charge in [-0.2, -0.15) is 5.26 Å². The summed E-state index contributed by atoms with van der Waals surface area (Å²) in [5.41, 5.74) is 6.38. The minimum atomic E-state index is -1.68. The maximum absolute atomic E-state index is 13.9. The maximum Gasteiger partial charge on any atom is 0.241 e. The molecule has 6 nitrogen and oxygen atoms in total. The number of primary amides is 1. The number of hydrogen-bond acceptors (Lipinski definition) is 5. The summed E-state index contributed by atoms with van der Waals surface area (Å²) in [4.78, 5) is 28.7. The number of anilines is 1. The third kappa shape index (κ3) is 2.57. The number of carbonyl (C=O) groups is 2. The molecule has 2 aliphatic heterocycles. The van der Waals surface area contributed by atoms with Crippen molar-refractivity contribution in [3.8, 4) is 6.07 Å². The summed E-state index contributed by atoms with van der Waals surface area (Å²) in [5, 5.41) is 10.3. The highest BCUT2D eigenvalue weighted by molar-refractivity contribution is 6.06. The number of nitriles is 1. The summed E-state index contributed by atoms with van der Waals surface area (Å²) in [6, 6.07) is 20.5. The topological polar surface area (TPSA) is 100 Å². The zero-order valence-corrected chi connectivity index (χ0v) is 16.5. The first-order valence-corrected chi connectivity index (χ1v) is 9.99. The molecule has 1 fully saturated rings. The first-order valence-electron chi connectivity index (χ1n) is 9.99. The Balaban J connectivity index is 1.80. The number of amides is 1. The van der Waals surface area contributed by atoms with Crippen LogP contribution in [0.3, 0.4) is 0 Å². The number of nitrogens with zero attached hydrogens (tertiary/aromatic N) is 2. The molecule has 4 atom stereocenters. The molecule has 0 spiro atoms. The molecule has 0 saturated carbocycles. The van der Waals surface area contributed by atoms with Crippen LogP contribution in [0.5, 0.6) is 0 Å². The molecule has 3 heterocycles. The lowest BCUT2D eigenvalue weighted by atomic mass is 9.69. The van der Waals surface area contributed by atoms with Gasteiger partial charge in [0.05, 0.1) is 24.3 Å². The third-order valence-electron chi connectivity index (χ3n) is 6.31. The summed E-state index contributed by atoms with van der Waals surface area (Å²) in [6.45, 7) is 0. The van der Waals surface area contributed by atoms with Crippen LogP contribution in [0, 0.1) is 16.7 Å². The number of nitrogens with two attached hydrogens (primary N) is 1. The number of benzene rings is 2. The van der Waals surface area contributed by atoms with E-state index in [0.717, 1.165) is 11.3 Å². The molecule has 6 heteroatoms. The van der Waals surface area contributed by atoms with E-state index in [1.54, 1.807) is 42.5 Å². The highest BCUT2D eigenvalue weighted by Gasteiger charge is 2.66. The first-order chi connectivity index (χ1) is 15.1. The van der Waals surface area contributed by atoms with E-state index in [4.69, 9.17) is 10.2 Å². The normalized spacial score (nSPS) is 26.0. The Bertz CT molecular complexity index is 1230. The van der Waals surface area contributed by atoms with Crippen molar-refractivity contribution in [3.05, 3.63) is 96.0 Å². The fourth-order valence-corrected chi connectivity index (χ4v) is 4.98. The minimum absolute atomic E-state index is 0.199. The van der Waals surface area contributed by atoms with Gasteiger partial charge in [0, 0.05) is 11.3 Å². The fraction of sp³-hybridized carbons (Fsp3) is 0.160. The van der Waals surface area contributed by atoms with E-state index in [9.17, 15) is 14.9 Å². The van der Waals surface area contributed by atoms with Crippen LogP contribution in [0.4, 0.5) is 5.69 Å². The summed E-state index contributed by atoms with van der Waals surface area (Å²) in [6.07, 6.45) is 5.15. The third-order valence-corrected chi connectivity index (χ3v) is 6.31. The highest BCUT2D eigenvalue weighted by atomic mass is 16.3. The monoisotopic (exact) mass is 409 g/mol. The van der Waals surface area contributed by atoms with E-state index in [1.807, 2.05) is 41.3 Å². The number of ketones is 1. The van der Waals surface area contributed by atoms with E-state index >= 15 is 0 Å². The smallest absolute Gasteiger partial charge is 0.241 e.